The van der Waals surface area contributed by atoms with Crippen LogP contribution in [-0.2, 0) is 9.84 Å². The molecule has 0 amide bonds. The van der Waals surface area contributed by atoms with Crippen molar-refractivity contribution in [3.05, 3.63) is 59.4 Å². The van der Waals surface area contributed by atoms with Crippen LogP contribution in [0, 0.1) is 5.82 Å². The van der Waals surface area contributed by atoms with Crippen molar-refractivity contribution in [2.75, 3.05) is 6.26 Å². The smallest absolute Gasteiger partial charge is 0.406 e. The monoisotopic (exact) mass is 400 g/mol. The van der Waals surface area contributed by atoms with Crippen LogP contribution in [-0.4, -0.2) is 21.0 Å². The first-order valence-corrected chi connectivity index (χ1v) is 10.0. The third-order valence-corrected chi connectivity index (χ3v) is 5.46. The number of benzene rings is 2. The molecule has 0 radical (unpaired) electrons. The molecular formula is C19H16F4O3S. The molecule has 0 N–H and O–H groups in total. The van der Waals surface area contributed by atoms with Crippen LogP contribution in [0.4, 0.5) is 17.6 Å². The van der Waals surface area contributed by atoms with Crippen molar-refractivity contribution >= 4 is 21.0 Å². The maximum atomic E-state index is 14.2. The highest BCUT2D eigenvalue weighted by atomic mass is 32.2. The molecule has 27 heavy (non-hydrogen) atoms. The lowest BCUT2D eigenvalue weighted by Gasteiger charge is -2.12. The van der Waals surface area contributed by atoms with E-state index in [4.69, 9.17) is 0 Å². The van der Waals surface area contributed by atoms with Crippen molar-refractivity contribution in [2.45, 2.75) is 30.5 Å². The minimum absolute atomic E-state index is 0.310. The van der Waals surface area contributed by atoms with Crippen molar-refractivity contribution in [2.24, 2.45) is 0 Å². The zero-order valence-electron chi connectivity index (χ0n) is 14.3. The van der Waals surface area contributed by atoms with Crippen molar-refractivity contribution in [1.29, 1.82) is 0 Å². The van der Waals surface area contributed by atoms with Gasteiger partial charge >= 0.3 is 6.36 Å². The quantitative estimate of drug-likeness (QED) is 0.661. The summed E-state index contributed by atoms with van der Waals surface area (Å²) in [6.07, 6.45) is -1.62. The van der Waals surface area contributed by atoms with Crippen LogP contribution in [0.1, 0.15) is 30.4 Å². The van der Waals surface area contributed by atoms with E-state index in [1.165, 1.54) is 36.4 Å². The lowest BCUT2D eigenvalue weighted by atomic mass is 9.97. The van der Waals surface area contributed by atoms with E-state index in [0.717, 1.165) is 29.4 Å². The van der Waals surface area contributed by atoms with Gasteiger partial charge in [-0.05, 0) is 65.8 Å². The molecule has 0 fully saturated rings. The third-order valence-electron chi connectivity index (χ3n) is 4.33. The molecular weight excluding hydrogens is 384 g/mol. The molecule has 0 aromatic heterocycles. The first kappa shape index (κ1) is 19.4. The average molecular weight is 400 g/mol. The summed E-state index contributed by atoms with van der Waals surface area (Å²) in [5.41, 5.74) is 3.06. The van der Waals surface area contributed by atoms with Crippen molar-refractivity contribution < 1.29 is 30.7 Å². The Balaban J connectivity index is 1.96. The van der Waals surface area contributed by atoms with Crippen molar-refractivity contribution in [3.63, 3.8) is 0 Å². The molecule has 2 aromatic rings. The van der Waals surface area contributed by atoms with E-state index in [9.17, 15) is 26.0 Å². The molecule has 0 saturated carbocycles. The van der Waals surface area contributed by atoms with Crippen LogP contribution < -0.4 is 4.74 Å². The maximum Gasteiger partial charge on any atom is 0.573 e. The highest BCUT2D eigenvalue weighted by Gasteiger charge is 2.31. The maximum absolute atomic E-state index is 14.2. The Labute approximate surface area is 154 Å². The largest absolute Gasteiger partial charge is 0.573 e. The highest BCUT2D eigenvalue weighted by Crippen LogP contribution is 2.40. The van der Waals surface area contributed by atoms with Crippen LogP contribution in [0.5, 0.6) is 5.75 Å². The van der Waals surface area contributed by atoms with E-state index in [-0.39, 0.29) is 10.6 Å². The van der Waals surface area contributed by atoms with Gasteiger partial charge in [-0.25, -0.2) is 12.8 Å². The average Bonchev–Trinajstić information content (AvgIpc) is 3.02. The van der Waals surface area contributed by atoms with Gasteiger partial charge < -0.3 is 4.74 Å². The Bertz CT molecular complexity index is 991. The minimum Gasteiger partial charge on any atom is -0.406 e. The summed E-state index contributed by atoms with van der Waals surface area (Å²) in [7, 11) is -3.66. The fraction of sp³-hybridized carbons (Fsp3) is 0.263. The normalized spacial score (nSPS) is 15.3. The van der Waals surface area contributed by atoms with Gasteiger partial charge in [-0.1, -0.05) is 18.2 Å². The predicted molar refractivity (Wildman–Crippen MR) is 93.3 cm³/mol. The molecule has 8 heteroatoms. The third kappa shape index (κ3) is 4.50. The SMILES string of the molecule is CS(=O)(=O)c1ccc(C2=C(c3ccc(OC(F)(F)F)cc3)CCC2)cc1F. The fourth-order valence-electron chi connectivity index (χ4n) is 3.23. The van der Waals surface area contributed by atoms with Gasteiger partial charge in [-0.15, -0.1) is 13.2 Å². The number of allylic oxidation sites excluding steroid dienone is 2. The molecule has 1 aliphatic carbocycles. The molecule has 0 aliphatic heterocycles. The molecule has 0 unspecified atom stereocenters. The predicted octanol–water partition coefficient (Wildman–Crippen LogP) is 5.22. The van der Waals surface area contributed by atoms with E-state index >= 15 is 0 Å². The molecule has 0 heterocycles. The van der Waals surface area contributed by atoms with Crippen LogP contribution >= 0.6 is 0 Å². The molecule has 144 valence electrons. The second-order valence-electron chi connectivity index (χ2n) is 6.30. The molecule has 3 nitrogen and oxygen atoms in total. The van der Waals surface area contributed by atoms with Crippen LogP contribution in [0.2, 0.25) is 0 Å². The number of rotatable bonds is 4. The molecule has 3 rings (SSSR count). The van der Waals surface area contributed by atoms with E-state index < -0.39 is 22.0 Å². The number of halogens is 4. The van der Waals surface area contributed by atoms with Gasteiger partial charge in [0.2, 0.25) is 0 Å². The van der Waals surface area contributed by atoms with E-state index in [1.54, 1.807) is 6.07 Å². The molecule has 1 aliphatic rings. The van der Waals surface area contributed by atoms with Crippen molar-refractivity contribution in [3.8, 4) is 5.75 Å². The number of sulfone groups is 1. The molecule has 0 saturated heterocycles. The number of hydrogen-bond donors (Lipinski definition) is 0. The summed E-state index contributed by atoms with van der Waals surface area (Å²) < 4.78 is 78.0. The molecule has 2 aromatic carbocycles. The summed E-state index contributed by atoms with van der Waals surface area (Å²) in [6, 6.07) is 9.52. The van der Waals surface area contributed by atoms with Crippen LogP contribution in [0.25, 0.3) is 11.1 Å². The minimum atomic E-state index is -4.75. The van der Waals surface area contributed by atoms with Gasteiger partial charge in [0.25, 0.3) is 0 Å². The highest BCUT2D eigenvalue weighted by molar-refractivity contribution is 7.90. The summed E-state index contributed by atoms with van der Waals surface area (Å²) in [5, 5.41) is 0. The first-order chi connectivity index (χ1) is 12.5. The summed E-state index contributed by atoms with van der Waals surface area (Å²) >= 11 is 0. The van der Waals surface area contributed by atoms with Crippen LogP contribution in [0.3, 0.4) is 0 Å². The first-order valence-electron chi connectivity index (χ1n) is 8.13. The van der Waals surface area contributed by atoms with E-state index in [1.807, 2.05) is 0 Å². The Kier molecular flexibility index (Phi) is 5.03. The Morgan fingerprint density at radius 1 is 0.926 bits per heavy atom. The Morgan fingerprint density at radius 3 is 2.00 bits per heavy atom. The van der Waals surface area contributed by atoms with Gasteiger partial charge in [0, 0.05) is 6.26 Å². The lowest BCUT2D eigenvalue weighted by Crippen LogP contribution is -2.16. The Morgan fingerprint density at radius 2 is 1.48 bits per heavy atom. The van der Waals surface area contributed by atoms with Gasteiger partial charge in [-0.3, -0.25) is 0 Å². The second-order valence-corrected chi connectivity index (χ2v) is 8.28. The zero-order chi connectivity index (χ0) is 19.8. The van der Waals surface area contributed by atoms with Crippen LogP contribution in [0.15, 0.2) is 47.4 Å². The van der Waals surface area contributed by atoms with Gasteiger partial charge in [0.05, 0.1) is 0 Å². The van der Waals surface area contributed by atoms with E-state index in [0.29, 0.717) is 18.4 Å². The second kappa shape index (κ2) is 6.99. The summed E-state index contributed by atoms with van der Waals surface area (Å²) in [5.74, 6) is -1.13. The summed E-state index contributed by atoms with van der Waals surface area (Å²) in [6.45, 7) is 0. The lowest BCUT2D eigenvalue weighted by molar-refractivity contribution is -0.274. The number of alkyl halides is 3. The van der Waals surface area contributed by atoms with Gasteiger partial charge in [-0.2, -0.15) is 0 Å². The standard InChI is InChI=1S/C19H16F4O3S/c1-27(24,25)18-10-7-13(11-17(18)20)16-4-2-3-15(16)12-5-8-14(9-6-12)26-19(21,22)23/h5-11H,2-4H2,1H3. The molecule has 0 bridgehead atoms. The number of ether oxygens (including phenoxy) is 1. The topological polar surface area (TPSA) is 43.4 Å². The van der Waals surface area contributed by atoms with E-state index in [2.05, 4.69) is 4.74 Å². The van der Waals surface area contributed by atoms with Gasteiger partial charge in [0.15, 0.2) is 9.84 Å². The number of hydrogen-bond acceptors (Lipinski definition) is 3. The molecule has 0 spiro atoms. The fourth-order valence-corrected chi connectivity index (χ4v) is 3.96. The molecule has 0 atom stereocenters. The summed E-state index contributed by atoms with van der Waals surface area (Å²) in [4.78, 5) is -0.361. The zero-order valence-corrected chi connectivity index (χ0v) is 15.1. The Hall–Kier alpha value is -2.35. The van der Waals surface area contributed by atoms with Gasteiger partial charge in [0.1, 0.15) is 16.5 Å². The van der Waals surface area contributed by atoms with Crippen molar-refractivity contribution in [1.82, 2.24) is 0 Å².